The molecule has 102 valence electrons. The van der Waals surface area contributed by atoms with Gasteiger partial charge in [-0.05, 0) is 38.2 Å². The van der Waals surface area contributed by atoms with E-state index in [9.17, 15) is 0 Å². The van der Waals surface area contributed by atoms with Gasteiger partial charge >= 0.3 is 0 Å². The first-order valence-corrected chi connectivity index (χ1v) is 7.75. The fraction of sp³-hybridized carbons (Fsp3) is 0.400. The van der Waals surface area contributed by atoms with Crippen LogP contribution in [0.1, 0.15) is 23.3 Å². The van der Waals surface area contributed by atoms with Gasteiger partial charge in [0, 0.05) is 16.5 Å². The van der Waals surface area contributed by atoms with Crippen molar-refractivity contribution in [3.63, 3.8) is 0 Å². The van der Waals surface area contributed by atoms with E-state index in [0.29, 0.717) is 5.92 Å². The first kappa shape index (κ1) is 12.0. The van der Waals surface area contributed by atoms with Gasteiger partial charge in [0.25, 0.3) is 0 Å². The second-order valence-corrected chi connectivity index (χ2v) is 6.74. The van der Waals surface area contributed by atoms with Crippen LogP contribution in [-0.4, -0.2) is 15.7 Å². The van der Waals surface area contributed by atoms with E-state index in [1.807, 2.05) is 0 Å². The number of fused-ring (bicyclic) bond motifs is 2. The first-order chi connectivity index (χ1) is 9.74. The molecule has 20 heavy (non-hydrogen) atoms. The number of anilines is 1. The quantitative estimate of drug-likeness (QED) is 0.676. The summed E-state index contributed by atoms with van der Waals surface area (Å²) >= 11 is 1.71. The van der Waals surface area contributed by atoms with Gasteiger partial charge in [0.1, 0.15) is 11.2 Å². The molecule has 0 aromatic carbocycles. The zero-order valence-corrected chi connectivity index (χ0v) is 12.4. The van der Waals surface area contributed by atoms with Crippen LogP contribution < -0.4 is 5.43 Å². The molecule has 2 atom stereocenters. The van der Waals surface area contributed by atoms with Crippen molar-refractivity contribution in [2.24, 2.45) is 16.9 Å². The lowest BCUT2D eigenvalue weighted by molar-refractivity contribution is 0.466. The van der Waals surface area contributed by atoms with Crippen LogP contribution in [0.3, 0.4) is 0 Å². The Labute approximate surface area is 121 Å². The van der Waals surface area contributed by atoms with Crippen LogP contribution in [0.2, 0.25) is 0 Å². The molecule has 0 aliphatic heterocycles. The minimum Gasteiger partial charge on any atom is -0.261 e. The Morgan fingerprint density at radius 2 is 2.25 bits per heavy atom. The number of hydrogen-bond donors (Lipinski definition) is 1. The smallest absolute Gasteiger partial charge is 0.158 e. The molecule has 1 fully saturated rings. The lowest BCUT2D eigenvalue weighted by Gasteiger charge is -2.31. The normalized spacial score (nSPS) is 26.0. The Kier molecular flexibility index (Phi) is 2.63. The number of aryl methyl sites for hydroxylation is 2. The van der Waals surface area contributed by atoms with Gasteiger partial charge in [-0.2, -0.15) is 5.10 Å². The maximum Gasteiger partial charge on any atom is 0.158 e. The molecular weight excluding hydrogens is 268 g/mol. The van der Waals surface area contributed by atoms with Crippen molar-refractivity contribution in [3.05, 3.63) is 28.9 Å². The van der Waals surface area contributed by atoms with Crippen LogP contribution in [-0.2, 0) is 0 Å². The third-order valence-electron chi connectivity index (χ3n) is 4.43. The van der Waals surface area contributed by atoms with E-state index in [2.05, 4.69) is 46.5 Å². The number of thiophene rings is 1. The zero-order chi connectivity index (χ0) is 13.7. The van der Waals surface area contributed by atoms with Crippen LogP contribution in [0.5, 0.6) is 0 Å². The van der Waals surface area contributed by atoms with Gasteiger partial charge in [-0.15, -0.1) is 11.3 Å². The first-order valence-electron chi connectivity index (χ1n) is 6.94. The molecule has 4 rings (SSSR count). The van der Waals surface area contributed by atoms with Crippen molar-refractivity contribution >= 4 is 33.1 Å². The van der Waals surface area contributed by atoms with Crippen molar-refractivity contribution in [1.82, 2.24) is 9.97 Å². The van der Waals surface area contributed by atoms with Crippen molar-refractivity contribution in [3.8, 4) is 0 Å². The molecule has 5 heteroatoms. The highest BCUT2D eigenvalue weighted by atomic mass is 32.1. The molecule has 2 heterocycles. The molecule has 0 bridgehead atoms. The fourth-order valence-corrected chi connectivity index (χ4v) is 4.05. The minimum atomic E-state index is 0.630. The van der Waals surface area contributed by atoms with E-state index in [1.165, 1.54) is 16.2 Å². The summed E-state index contributed by atoms with van der Waals surface area (Å²) < 4.78 is 0. The minimum absolute atomic E-state index is 0.630. The van der Waals surface area contributed by atoms with Gasteiger partial charge in [-0.25, -0.2) is 9.97 Å². The SMILES string of the molecule is Cc1sc2ncnc(N/N=C3/C[C@@H]4C=CC[C@@H]34)c2c1C. The number of nitrogens with one attached hydrogen (secondary N) is 1. The maximum atomic E-state index is 4.58. The summed E-state index contributed by atoms with van der Waals surface area (Å²) in [6, 6.07) is 0. The predicted octanol–water partition coefficient (Wildman–Crippen LogP) is 3.67. The second-order valence-electron chi connectivity index (χ2n) is 5.54. The molecule has 2 aliphatic rings. The number of hydrazone groups is 1. The highest BCUT2D eigenvalue weighted by Crippen LogP contribution is 2.40. The summed E-state index contributed by atoms with van der Waals surface area (Å²) in [6.07, 6.45) is 8.43. The van der Waals surface area contributed by atoms with Gasteiger partial charge in [-0.1, -0.05) is 12.2 Å². The standard InChI is InChI=1S/C15H16N4S/c1-8-9(2)20-15-13(8)14(16-7-17-15)19-18-12-6-10-4-3-5-11(10)12/h3-4,7,10-11H,5-6H2,1-2H3,(H,16,17,19)/b18-12-/t10-,11+/m0/s1. The fourth-order valence-electron chi connectivity index (χ4n) is 3.06. The zero-order valence-electron chi connectivity index (χ0n) is 11.6. The molecular formula is C15H16N4S. The Morgan fingerprint density at radius 3 is 3.10 bits per heavy atom. The number of aromatic nitrogens is 2. The Bertz CT molecular complexity index is 744. The molecule has 0 saturated heterocycles. The Hall–Kier alpha value is -1.75. The molecule has 2 aliphatic carbocycles. The third kappa shape index (κ3) is 1.69. The van der Waals surface area contributed by atoms with Gasteiger partial charge in [-0.3, -0.25) is 5.43 Å². The number of hydrogen-bond acceptors (Lipinski definition) is 5. The Morgan fingerprint density at radius 1 is 1.35 bits per heavy atom. The van der Waals surface area contributed by atoms with Gasteiger partial charge in [0.05, 0.1) is 5.39 Å². The summed E-state index contributed by atoms with van der Waals surface area (Å²) in [7, 11) is 0. The van der Waals surface area contributed by atoms with E-state index < -0.39 is 0 Å². The molecule has 1 saturated carbocycles. The van der Waals surface area contributed by atoms with Gasteiger partial charge in [0.2, 0.25) is 0 Å². The topological polar surface area (TPSA) is 50.2 Å². The molecule has 4 nitrogen and oxygen atoms in total. The molecule has 0 amide bonds. The third-order valence-corrected chi connectivity index (χ3v) is 5.55. The average molecular weight is 284 g/mol. The summed E-state index contributed by atoms with van der Waals surface area (Å²) in [5, 5.41) is 5.69. The molecule has 2 aromatic rings. The summed E-state index contributed by atoms with van der Waals surface area (Å²) in [4.78, 5) is 11.0. The van der Waals surface area contributed by atoms with Crippen molar-refractivity contribution in [1.29, 1.82) is 0 Å². The van der Waals surface area contributed by atoms with Crippen molar-refractivity contribution in [2.45, 2.75) is 26.7 Å². The lowest BCUT2D eigenvalue weighted by Crippen LogP contribution is -2.33. The number of rotatable bonds is 2. The van der Waals surface area contributed by atoms with Crippen LogP contribution >= 0.6 is 11.3 Å². The number of nitrogens with zero attached hydrogens (tertiary/aromatic N) is 3. The molecule has 0 radical (unpaired) electrons. The van der Waals surface area contributed by atoms with E-state index >= 15 is 0 Å². The van der Waals surface area contributed by atoms with Gasteiger partial charge < -0.3 is 0 Å². The summed E-state index contributed by atoms with van der Waals surface area (Å²) in [5.74, 6) is 2.19. The van der Waals surface area contributed by atoms with Crippen LogP contribution in [0.15, 0.2) is 23.6 Å². The average Bonchev–Trinajstić information content (AvgIpc) is 2.93. The van der Waals surface area contributed by atoms with Gasteiger partial charge in [0.15, 0.2) is 5.82 Å². The van der Waals surface area contributed by atoms with Crippen LogP contribution in [0.25, 0.3) is 10.2 Å². The van der Waals surface area contributed by atoms with E-state index in [1.54, 1.807) is 17.7 Å². The van der Waals surface area contributed by atoms with E-state index in [4.69, 9.17) is 0 Å². The Balaban J connectivity index is 1.65. The summed E-state index contributed by atoms with van der Waals surface area (Å²) in [5.41, 5.74) is 5.70. The second kappa shape index (κ2) is 4.38. The predicted molar refractivity (Wildman–Crippen MR) is 83.3 cm³/mol. The molecule has 0 spiro atoms. The molecule has 1 N–H and O–H groups in total. The molecule has 2 aromatic heterocycles. The maximum absolute atomic E-state index is 4.58. The van der Waals surface area contributed by atoms with E-state index in [0.717, 1.165) is 34.8 Å². The van der Waals surface area contributed by atoms with E-state index in [-0.39, 0.29) is 0 Å². The van der Waals surface area contributed by atoms with Crippen LogP contribution in [0.4, 0.5) is 5.82 Å². The lowest BCUT2D eigenvalue weighted by atomic mass is 9.74. The van der Waals surface area contributed by atoms with Crippen LogP contribution in [0, 0.1) is 25.7 Å². The monoisotopic (exact) mass is 284 g/mol. The number of allylic oxidation sites excluding steroid dienone is 2. The highest BCUT2D eigenvalue weighted by molar-refractivity contribution is 7.18. The largest absolute Gasteiger partial charge is 0.261 e. The molecule has 0 unspecified atom stereocenters. The summed E-state index contributed by atoms with van der Waals surface area (Å²) in [6.45, 7) is 4.24. The van der Waals surface area contributed by atoms with Crippen molar-refractivity contribution < 1.29 is 0 Å². The van der Waals surface area contributed by atoms with Crippen molar-refractivity contribution in [2.75, 3.05) is 5.43 Å². The highest BCUT2D eigenvalue weighted by Gasteiger charge is 2.37.